The maximum absolute atomic E-state index is 5.12. The molecule has 5 nitrogen and oxygen atoms in total. The fraction of sp³-hybridized carbons (Fsp3) is 0. The molecule has 2 aromatic heterocycles. The largest absolute Gasteiger partial charge is 0.310 e. The first-order valence-electron chi connectivity index (χ1n) is 22.1. The van der Waals surface area contributed by atoms with E-state index in [0.717, 1.165) is 89.4 Å². The lowest BCUT2D eigenvalue weighted by Crippen LogP contribution is -2.10. The van der Waals surface area contributed by atoms with Crippen molar-refractivity contribution in [2.45, 2.75) is 0 Å². The number of fused-ring (bicyclic) bond motifs is 3. The third-order valence-electron chi connectivity index (χ3n) is 12.2. The summed E-state index contributed by atoms with van der Waals surface area (Å²) >= 11 is 1.73. The highest BCUT2D eigenvalue weighted by Gasteiger charge is 2.18. The van der Waals surface area contributed by atoms with Crippen molar-refractivity contribution in [1.29, 1.82) is 0 Å². The molecule has 0 spiro atoms. The van der Waals surface area contributed by atoms with Crippen molar-refractivity contribution < 1.29 is 0 Å². The molecule has 66 heavy (non-hydrogen) atoms. The van der Waals surface area contributed by atoms with Crippen molar-refractivity contribution in [2.24, 2.45) is 0 Å². The molecule has 0 atom stereocenters. The predicted octanol–water partition coefficient (Wildman–Crippen LogP) is 16.7. The van der Waals surface area contributed by atoms with E-state index in [-0.39, 0.29) is 0 Å². The van der Waals surface area contributed by atoms with Gasteiger partial charge in [0.25, 0.3) is 0 Å². The molecule has 12 rings (SSSR count). The number of benzene rings is 10. The van der Waals surface area contributed by atoms with Crippen molar-refractivity contribution in [1.82, 2.24) is 14.5 Å². The summed E-state index contributed by atoms with van der Waals surface area (Å²) in [6, 6.07) is 88.2. The summed E-state index contributed by atoms with van der Waals surface area (Å²) in [7, 11) is 0. The van der Waals surface area contributed by atoms with Gasteiger partial charge in [-0.05, 0) is 161 Å². The van der Waals surface area contributed by atoms with Gasteiger partial charge in [0.15, 0.2) is 0 Å². The van der Waals surface area contributed by atoms with E-state index < -0.39 is 0 Å². The van der Waals surface area contributed by atoms with Crippen molar-refractivity contribution >= 4 is 77.5 Å². The van der Waals surface area contributed by atoms with Crippen LogP contribution in [0.1, 0.15) is 0 Å². The summed E-state index contributed by atoms with van der Waals surface area (Å²) in [5, 5.41) is 3.37. The Morgan fingerprint density at radius 1 is 0.333 bits per heavy atom. The molecule has 0 bridgehead atoms. The molecule has 0 aliphatic heterocycles. The summed E-state index contributed by atoms with van der Waals surface area (Å²) < 4.78 is 3.44. The summed E-state index contributed by atoms with van der Waals surface area (Å²) in [6.07, 6.45) is 0. The molecule has 0 unspecified atom stereocenters. The summed E-state index contributed by atoms with van der Waals surface area (Å²) in [6.45, 7) is 0. The van der Waals surface area contributed by atoms with Gasteiger partial charge in [-0.25, -0.2) is 9.97 Å². The quantitative estimate of drug-likeness (QED) is 0.137. The van der Waals surface area contributed by atoms with E-state index in [2.05, 4.69) is 245 Å². The Morgan fingerprint density at radius 2 is 0.833 bits per heavy atom. The lowest BCUT2D eigenvalue weighted by Gasteiger charge is -2.26. The standard InChI is InChI=1S/C60H41N5S/c1-4-16-48(17-5-1)63(52-36-31-43(32-37-52)60-62-56-24-11-13-26-58(56)66-60)53-22-14-15-44(40-53)45-27-28-47-41-54(38-33-46(47)39-45)64(49-18-6-2-7-19-49)51-34-29-42(30-35-51)59-61-55-23-10-12-25-57(55)65(59)50-20-8-3-9-21-50/h1-41H. The van der Waals surface area contributed by atoms with Gasteiger partial charge in [0.05, 0.1) is 21.3 Å². The second-order valence-electron chi connectivity index (χ2n) is 16.3. The molecular weight excluding hydrogens is 823 g/mol. The van der Waals surface area contributed by atoms with E-state index in [1.165, 1.54) is 15.5 Å². The highest BCUT2D eigenvalue weighted by atomic mass is 32.1. The van der Waals surface area contributed by atoms with Crippen LogP contribution in [0.2, 0.25) is 0 Å². The number of hydrogen-bond donors (Lipinski definition) is 0. The summed E-state index contributed by atoms with van der Waals surface area (Å²) in [5.41, 5.74) is 15.1. The number of hydrogen-bond acceptors (Lipinski definition) is 5. The number of nitrogens with zero attached hydrogens (tertiary/aromatic N) is 5. The molecular formula is C60H41N5S. The SMILES string of the molecule is c1ccc(N(c2ccc(-c3nc4ccccc4s3)cc2)c2cccc(-c3ccc4cc(N(c5ccccc5)c5ccc(-c6nc7ccccc7n6-c6ccccc6)cc5)ccc4c3)c2)cc1. The fourth-order valence-electron chi connectivity index (χ4n) is 8.99. The lowest BCUT2D eigenvalue weighted by atomic mass is 9.99. The second-order valence-corrected chi connectivity index (χ2v) is 17.3. The highest BCUT2D eigenvalue weighted by Crippen LogP contribution is 2.41. The van der Waals surface area contributed by atoms with Crippen LogP contribution >= 0.6 is 11.3 Å². The normalized spacial score (nSPS) is 11.3. The summed E-state index contributed by atoms with van der Waals surface area (Å²) in [5.74, 6) is 0.912. The van der Waals surface area contributed by atoms with Crippen LogP contribution < -0.4 is 9.80 Å². The van der Waals surface area contributed by atoms with Gasteiger partial charge in [-0.3, -0.25) is 4.57 Å². The van der Waals surface area contributed by atoms with Crippen LogP contribution in [0.3, 0.4) is 0 Å². The fourth-order valence-corrected chi connectivity index (χ4v) is 9.96. The zero-order valence-corrected chi connectivity index (χ0v) is 36.6. The average molecular weight is 864 g/mol. The third kappa shape index (κ3) is 7.35. The molecule has 0 radical (unpaired) electrons. The van der Waals surface area contributed by atoms with Gasteiger partial charge in [0, 0.05) is 50.9 Å². The molecule has 0 aliphatic rings. The van der Waals surface area contributed by atoms with E-state index in [4.69, 9.17) is 9.97 Å². The number of imidazole rings is 1. The van der Waals surface area contributed by atoms with Crippen LogP contribution in [-0.2, 0) is 0 Å². The van der Waals surface area contributed by atoms with Gasteiger partial charge < -0.3 is 9.80 Å². The Bertz CT molecular complexity index is 3610. The van der Waals surface area contributed by atoms with Gasteiger partial charge in [-0.2, -0.15) is 0 Å². The maximum atomic E-state index is 5.12. The van der Waals surface area contributed by atoms with Gasteiger partial charge in [0.2, 0.25) is 0 Å². The summed E-state index contributed by atoms with van der Waals surface area (Å²) in [4.78, 5) is 14.7. The zero-order valence-electron chi connectivity index (χ0n) is 35.8. The van der Waals surface area contributed by atoms with Crippen LogP contribution in [-0.4, -0.2) is 14.5 Å². The van der Waals surface area contributed by atoms with Crippen molar-refractivity contribution in [2.75, 3.05) is 9.80 Å². The van der Waals surface area contributed by atoms with Crippen molar-refractivity contribution in [3.05, 3.63) is 249 Å². The maximum Gasteiger partial charge on any atom is 0.145 e. The van der Waals surface area contributed by atoms with Gasteiger partial charge >= 0.3 is 0 Å². The van der Waals surface area contributed by atoms with Crippen molar-refractivity contribution in [3.63, 3.8) is 0 Å². The van der Waals surface area contributed by atoms with E-state index in [1.807, 2.05) is 18.2 Å². The van der Waals surface area contributed by atoms with Crippen LogP contribution in [0.25, 0.3) is 70.8 Å². The third-order valence-corrected chi connectivity index (χ3v) is 13.3. The van der Waals surface area contributed by atoms with E-state index in [0.29, 0.717) is 0 Å². The number of thiazole rings is 1. The molecule has 0 aliphatic carbocycles. The molecule has 6 heteroatoms. The van der Waals surface area contributed by atoms with Crippen LogP contribution in [0.4, 0.5) is 34.1 Å². The number of rotatable bonds is 10. The number of aromatic nitrogens is 3. The molecule has 10 aromatic carbocycles. The Morgan fingerprint density at radius 3 is 1.53 bits per heavy atom. The highest BCUT2D eigenvalue weighted by molar-refractivity contribution is 7.21. The second kappa shape index (κ2) is 16.8. The number of para-hydroxylation sites is 6. The van der Waals surface area contributed by atoms with Gasteiger partial charge in [0.1, 0.15) is 10.8 Å². The van der Waals surface area contributed by atoms with Crippen LogP contribution in [0.5, 0.6) is 0 Å². The van der Waals surface area contributed by atoms with E-state index >= 15 is 0 Å². The minimum absolute atomic E-state index is 0.912. The van der Waals surface area contributed by atoms with Gasteiger partial charge in [-0.1, -0.05) is 109 Å². The minimum atomic E-state index is 0.912. The van der Waals surface area contributed by atoms with E-state index in [1.54, 1.807) is 11.3 Å². The monoisotopic (exact) mass is 863 g/mol. The number of anilines is 6. The smallest absolute Gasteiger partial charge is 0.145 e. The predicted molar refractivity (Wildman–Crippen MR) is 277 cm³/mol. The first-order chi connectivity index (χ1) is 32.7. The first kappa shape index (κ1) is 39.0. The zero-order chi connectivity index (χ0) is 43.8. The van der Waals surface area contributed by atoms with Crippen LogP contribution in [0, 0.1) is 0 Å². The first-order valence-corrected chi connectivity index (χ1v) is 23.0. The molecule has 0 amide bonds. The molecule has 312 valence electrons. The molecule has 0 fully saturated rings. The van der Waals surface area contributed by atoms with Crippen LogP contribution in [0.15, 0.2) is 249 Å². The molecule has 0 saturated carbocycles. The molecule has 0 N–H and O–H groups in total. The Kier molecular flexibility index (Phi) is 9.97. The van der Waals surface area contributed by atoms with Crippen molar-refractivity contribution in [3.8, 4) is 38.8 Å². The van der Waals surface area contributed by atoms with Gasteiger partial charge in [-0.15, -0.1) is 11.3 Å². The Labute approximate surface area is 387 Å². The topological polar surface area (TPSA) is 37.2 Å². The lowest BCUT2D eigenvalue weighted by molar-refractivity contribution is 1.10. The molecule has 0 saturated heterocycles. The molecule has 12 aromatic rings. The molecule has 2 heterocycles. The Balaban J connectivity index is 0.865. The average Bonchev–Trinajstić information content (AvgIpc) is 4.01. The Hall–Kier alpha value is -8.58. The van der Waals surface area contributed by atoms with E-state index in [9.17, 15) is 0 Å². The minimum Gasteiger partial charge on any atom is -0.310 e.